The molecule has 0 saturated carbocycles. The zero-order valence-corrected chi connectivity index (χ0v) is 15.1. The standard InChI is InChI=1S/C16H30N4OS/c1-5-20(6-2)15(14-8-11-22-13-14)12-19-16(17-4)18-9-10-21-7-3/h8,11,13,15H,5-7,9-10,12H2,1-4H3,(H2,17,18,19). The number of rotatable bonds is 10. The Morgan fingerprint density at radius 1 is 1.32 bits per heavy atom. The minimum absolute atomic E-state index is 0.367. The number of hydrogen-bond acceptors (Lipinski definition) is 4. The molecule has 1 unspecified atom stereocenters. The molecular weight excluding hydrogens is 296 g/mol. The van der Waals surface area contributed by atoms with Crippen molar-refractivity contribution in [3.05, 3.63) is 22.4 Å². The van der Waals surface area contributed by atoms with Gasteiger partial charge in [0.2, 0.25) is 0 Å². The van der Waals surface area contributed by atoms with Crippen LogP contribution in [0.25, 0.3) is 0 Å². The van der Waals surface area contributed by atoms with E-state index < -0.39 is 0 Å². The van der Waals surface area contributed by atoms with Gasteiger partial charge >= 0.3 is 0 Å². The first kappa shape index (κ1) is 18.9. The van der Waals surface area contributed by atoms with Crippen LogP contribution in [-0.4, -0.2) is 57.3 Å². The van der Waals surface area contributed by atoms with Crippen LogP contribution >= 0.6 is 11.3 Å². The molecule has 2 N–H and O–H groups in total. The van der Waals surface area contributed by atoms with Gasteiger partial charge in [0.1, 0.15) is 0 Å². The van der Waals surface area contributed by atoms with Gasteiger partial charge in [-0.1, -0.05) is 13.8 Å². The Morgan fingerprint density at radius 3 is 2.64 bits per heavy atom. The second-order valence-corrected chi connectivity index (χ2v) is 5.65. The van der Waals surface area contributed by atoms with Gasteiger partial charge in [-0.2, -0.15) is 11.3 Å². The molecule has 6 heteroatoms. The third-order valence-electron chi connectivity index (χ3n) is 3.61. The monoisotopic (exact) mass is 326 g/mol. The predicted molar refractivity (Wildman–Crippen MR) is 95.8 cm³/mol. The first-order chi connectivity index (χ1) is 10.8. The lowest BCUT2D eigenvalue weighted by Crippen LogP contribution is -2.44. The van der Waals surface area contributed by atoms with Gasteiger partial charge in [0.15, 0.2) is 5.96 Å². The third kappa shape index (κ3) is 6.34. The Hall–Kier alpha value is -1.11. The van der Waals surface area contributed by atoms with Crippen molar-refractivity contribution in [3.8, 4) is 0 Å². The Balaban J connectivity index is 2.55. The van der Waals surface area contributed by atoms with Crippen LogP contribution in [0, 0.1) is 0 Å². The topological polar surface area (TPSA) is 48.9 Å². The molecular formula is C16H30N4OS. The molecule has 0 aliphatic carbocycles. The lowest BCUT2D eigenvalue weighted by molar-refractivity contribution is 0.152. The molecule has 0 aliphatic rings. The van der Waals surface area contributed by atoms with Crippen molar-refractivity contribution in [1.82, 2.24) is 15.5 Å². The van der Waals surface area contributed by atoms with Crippen LogP contribution in [0.1, 0.15) is 32.4 Å². The molecule has 0 saturated heterocycles. The second-order valence-electron chi connectivity index (χ2n) is 4.87. The fourth-order valence-electron chi connectivity index (χ4n) is 2.39. The normalized spacial score (nSPS) is 13.4. The highest BCUT2D eigenvalue weighted by Gasteiger charge is 2.18. The van der Waals surface area contributed by atoms with Crippen LogP contribution < -0.4 is 10.6 Å². The fraction of sp³-hybridized carbons (Fsp3) is 0.688. The van der Waals surface area contributed by atoms with E-state index in [9.17, 15) is 0 Å². The maximum absolute atomic E-state index is 5.33. The van der Waals surface area contributed by atoms with E-state index in [1.165, 1.54) is 5.56 Å². The number of hydrogen-bond donors (Lipinski definition) is 2. The van der Waals surface area contributed by atoms with E-state index in [0.29, 0.717) is 12.6 Å². The molecule has 0 radical (unpaired) electrons. The summed E-state index contributed by atoms with van der Waals surface area (Å²) >= 11 is 1.75. The number of thiophene rings is 1. The Morgan fingerprint density at radius 2 is 2.09 bits per heavy atom. The van der Waals surface area contributed by atoms with E-state index in [-0.39, 0.29) is 0 Å². The second kappa shape index (κ2) is 11.5. The van der Waals surface area contributed by atoms with E-state index in [0.717, 1.165) is 38.7 Å². The number of likely N-dealkylation sites (N-methyl/N-ethyl adjacent to an activating group) is 1. The molecule has 1 rings (SSSR count). The zero-order chi connectivity index (χ0) is 16.2. The van der Waals surface area contributed by atoms with Gasteiger partial charge in [-0.05, 0) is 42.4 Å². The van der Waals surface area contributed by atoms with Gasteiger partial charge in [0.25, 0.3) is 0 Å². The lowest BCUT2D eigenvalue weighted by Gasteiger charge is -2.30. The molecule has 0 aromatic carbocycles. The van der Waals surface area contributed by atoms with Crippen molar-refractivity contribution in [2.24, 2.45) is 4.99 Å². The van der Waals surface area contributed by atoms with Crippen molar-refractivity contribution in [3.63, 3.8) is 0 Å². The maximum Gasteiger partial charge on any atom is 0.191 e. The van der Waals surface area contributed by atoms with E-state index in [2.05, 4.69) is 51.2 Å². The van der Waals surface area contributed by atoms with Crippen molar-refractivity contribution in [1.29, 1.82) is 0 Å². The highest BCUT2D eigenvalue weighted by molar-refractivity contribution is 7.07. The summed E-state index contributed by atoms with van der Waals surface area (Å²) in [5.74, 6) is 0.826. The lowest BCUT2D eigenvalue weighted by atomic mass is 10.1. The largest absolute Gasteiger partial charge is 0.380 e. The van der Waals surface area contributed by atoms with Gasteiger partial charge in [-0.25, -0.2) is 0 Å². The quantitative estimate of drug-likeness (QED) is 0.394. The third-order valence-corrected chi connectivity index (χ3v) is 4.31. The molecule has 1 atom stereocenters. The first-order valence-corrected chi connectivity index (χ1v) is 8.99. The SMILES string of the molecule is CCOCCNC(=NC)NCC(c1ccsc1)N(CC)CC. The molecule has 1 aromatic rings. The summed E-state index contributed by atoms with van der Waals surface area (Å²) < 4.78 is 5.33. The molecule has 1 heterocycles. The molecule has 0 aliphatic heterocycles. The Bertz CT molecular complexity index is 404. The number of guanidine groups is 1. The smallest absolute Gasteiger partial charge is 0.191 e. The van der Waals surface area contributed by atoms with Gasteiger partial charge in [-0.15, -0.1) is 0 Å². The maximum atomic E-state index is 5.33. The summed E-state index contributed by atoms with van der Waals surface area (Å²) in [4.78, 5) is 6.73. The van der Waals surface area contributed by atoms with Gasteiger partial charge in [0.05, 0.1) is 12.6 Å². The summed E-state index contributed by atoms with van der Waals surface area (Å²) in [5.41, 5.74) is 1.37. The van der Waals surface area contributed by atoms with Gasteiger partial charge < -0.3 is 15.4 Å². The summed E-state index contributed by atoms with van der Waals surface area (Å²) in [6.07, 6.45) is 0. The number of nitrogens with one attached hydrogen (secondary N) is 2. The summed E-state index contributed by atoms with van der Waals surface area (Å²) in [7, 11) is 1.80. The Labute approximate surface area is 138 Å². The number of aliphatic imine (C=N–C) groups is 1. The highest BCUT2D eigenvalue weighted by Crippen LogP contribution is 2.22. The van der Waals surface area contributed by atoms with Crippen LogP contribution in [0.5, 0.6) is 0 Å². The summed E-state index contributed by atoms with van der Waals surface area (Å²) in [6, 6.07) is 2.58. The zero-order valence-electron chi connectivity index (χ0n) is 14.3. The van der Waals surface area contributed by atoms with Crippen LogP contribution in [-0.2, 0) is 4.74 Å². The van der Waals surface area contributed by atoms with Gasteiger partial charge in [-0.3, -0.25) is 9.89 Å². The minimum Gasteiger partial charge on any atom is -0.380 e. The molecule has 0 fully saturated rings. The van der Waals surface area contributed by atoms with Gasteiger partial charge in [0, 0.05) is 26.7 Å². The van der Waals surface area contributed by atoms with Crippen LogP contribution in [0.15, 0.2) is 21.8 Å². The van der Waals surface area contributed by atoms with Crippen molar-refractivity contribution in [2.75, 3.05) is 46.4 Å². The minimum atomic E-state index is 0.367. The fourth-order valence-corrected chi connectivity index (χ4v) is 3.09. The first-order valence-electron chi connectivity index (χ1n) is 8.05. The van der Waals surface area contributed by atoms with Crippen molar-refractivity contribution in [2.45, 2.75) is 26.8 Å². The Kier molecular flexibility index (Phi) is 9.86. The van der Waals surface area contributed by atoms with Crippen molar-refractivity contribution < 1.29 is 4.74 Å². The highest BCUT2D eigenvalue weighted by atomic mass is 32.1. The molecule has 22 heavy (non-hydrogen) atoms. The molecule has 0 amide bonds. The van der Waals surface area contributed by atoms with E-state index in [1.54, 1.807) is 18.4 Å². The molecule has 0 spiro atoms. The van der Waals surface area contributed by atoms with Crippen LogP contribution in [0.4, 0.5) is 0 Å². The molecule has 1 aromatic heterocycles. The summed E-state index contributed by atoms with van der Waals surface area (Å²) in [5, 5.41) is 11.1. The average Bonchev–Trinajstić information content (AvgIpc) is 3.07. The number of nitrogens with zero attached hydrogens (tertiary/aromatic N) is 2. The average molecular weight is 327 g/mol. The van der Waals surface area contributed by atoms with E-state index >= 15 is 0 Å². The van der Waals surface area contributed by atoms with E-state index in [1.807, 2.05) is 6.92 Å². The molecule has 5 nitrogen and oxygen atoms in total. The number of ether oxygens (including phenoxy) is 1. The van der Waals surface area contributed by atoms with Crippen LogP contribution in [0.3, 0.4) is 0 Å². The summed E-state index contributed by atoms with van der Waals surface area (Å²) in [6.45, 7) is 11.5. The van der Waals surface area contributed by atoms with E-state index in [4.69, 9.17) is 4.74 Å². The predicted octanol–water partition coefficient (Wildman–Crippen LogP) is 2.33. The van der Waals surface area contributed by atoms with Crippen LogP contribution in [0.2, 0.25) is 0 Å². The molecule has 126 valence electrons. The van der Waals surface area contributed by atoms with Crippen molar-refractivity contribution >= 4 is 17.3 Å². The molecule has 0 bridgehead atoms.